The van der Waals surface area contributed by atoms with E-state index in [2.05, 4.69) is 0 Å². The molecule has 3 nitrogen and oxygen atoms in total. The molecule has 0 bridgehead atoms. The number of carbonyl (C=O) groups excluding carboxylic acids is 1. The molecule has 3 heteroatoms. The van der Waals surface area contributed by atoms with Gasteiger partial charge in [0.15, 0.2) is 0 Å². The number of amides is 1. The molecule has 0 fully saturated rings. The lowest BCUT2D eigenvalue weighted by Gasteiger charge is -2.11. The van der Waals surface area contributed by atoms with Crippen molar-refractivity contribution >= 4 is 5.91 Å². The van der Waals surface area contributed by atoms with Gasteiger partial charge in [0.2, 0.25) is 5.91 Å². The van der Waals surface area contributed by atoms with Crippen molar-refractivity contribution in [2.75, 3.05) is 7.11 Å². The first-order valence-electron chi connectivity index (χ1n) is 3.93. The predicted octanol–water partition coefficient (Wildman–Crippen LogP) is 1.12. The summed E-state index contributed by atoms with van der Waals surface area (Å²) in [7, 11) is 1.56. The van der Waals surface area contributed by atoms with Crippen molar-refractivity contribution in [1.29, 1.82) is 0 Å². The number of methoxy groups -OCH3 is 1. The maximum atomic E-state index is 10.9. The Hall–Kier alpha value is -1.51. The summed E-state index contributed by atoms with van der Waals surface area (Å²) in [5.41, 5.74) is 5.91. The van der Waals surface area contributed by atoms with E-state index in [-0.39, 0.29) is 0 Å². The molecule has 1 aromatic rings. The van der Waals surface area contributed by atoms with Gasteiger partial charge in [-0.25, -0.2) is 0 Å². The van der Waals surface area contributed by atoms with Gasteiger partial charge in [-0.05, 0) is 13.0 Å². The number of hydrogen-bond donors (Lipinski definition) is 1. The molecule has 0 aliphatic carbocycles. The summed E-state index contributed by atoms with van der Waals surface area (Å²) in [4.78, 5) is 10.9. The van der Waals surface area contributed by atoms with Gasteiger partial charge in [0.05, 0.1) is 13.0 Å². The second kappa shape index (κ2) is 3.94. The fourth-order valence-corrected chi connectivity index (χ4v) is 1.09. The highest BCUT2D eigenvalue weighted by atomic mass is 16.5. The third-order valence-electron chi connectivity index (χ3n) is 1.88. The summed E-state index contributed by atoms with van der Waals surface area (Å²) in [5, 5.41) is 0. The normalized spacial score (nSPS) is 10.1. The summed E-state index contributed by atoms with van der Waals surface area (Å²) in [5.74, 6) is 0.751. The number of hydrogen-bond acceptors (Lipinski definition) is 2. The molecule has 0 atom stereocenters. The molecule has 2 N–H and O–H groups in total. The fourth-order valence-electron chi connectivity index (χ4n) is 1.09. The van der Waals surface area contributed by atoms with Gasteiger partial charge in [0.25, 0.3) is 0 Å². The zero-order valence-corrected chi connectivity index (χ0v) is 7.70. The van der Waals surface area contributed by atoms with Crippen molar-refractivity contribution in [2.24, 2.45) is 5.73 Å². The Balaban J connectivity index is 3.05. The molecule has 1 radical (unpaired) electrons. The minimum atomic E-state index is -0.426. The Morgan fingerprint density at radius 3 is 2.54 bits per heavy atom. The Morgan fingerprint density at radius 2 is 2.00 bits per heavy atom. The summed E-state index contributed by atoms with van der Waals surface area (Å²) in [6, 6.07) is 7.28. The van der Waals surface area contributed by atoms with E-state index in [1.165, 1.54) is 0 Å². The zero-order chi connectivity index (χ0) is 9.84. The van der Waals surface area contributed by atoms with E-state index in [0.717, 1.165) is 5.56 Å². The van der Waals surface area contributed by atoms with Gasteiger partial charge < -0.3 is 10.5 Å². The maximum Gasteiger partial charge on any atom is 0.229 e. The molecule has 0 aliphatic rings. The monoisotopic (exact) mass is 178 g/mol. The lowest BCUT2D eigenvalue weighted by Crippen LogP contribution is -2.19. The van der Waals surface area contributed by atoms with Crippen molar-refractivity contribution in [3.63, 3.8) is 0 Å². The van der Waals surface area contributed by atoms with Gasteiger partial charge in [-0.15, -0.1) is 0 Å². The summed E-state index contributed by atoms with van der Waals surface area (Å²) in [6.07, 6.45) is 0. The molecule has 0 aromatic heterocycles. The second-order valence-corrected chi connectivity index (χ2v) is 2.69. The second-order valence-electron chi connectivity index (χ2n) is 2.69. The standard InChI is InChI=1S/C10H12NO2/c1-7(10(11)12)8-5-3-4-6-9(8)13-2/h3-6H,1-2H3,(H2,11,12). The van der Waals surface area contributed by atoms with Gasteiger partial charge in [0, 0.05) is 5.56 Å². The van der Waals surface area contributed by atoms with Crippen LogP contribution >= 0.6 is 0 Å². The van der Waals surface area contributed by atoms with Crippen molar-refractivity contribution in [1.82, 2.24) is 0 Å². The summed E-state index contributed by atoms with van der Waals surface area (Å²) < 4.78 is 5.09. The van der Waals surface area contributed by atoms with Crippen LogP contribution in [0.2, 0.25) is 0 Å². The molecular formula is C10H12NO2. The first kappa shape index (κ1) is 9.58. The van der Waals surface area contributed by atoms with Crippen LogP contribution in [-0.4, -0.2) is 13.0 Å². The van der Waals surface area contributed by atoms with Crippen LogP contribution in [0.4, 0.5) is 0 Å². The Bertz CT molecular complexity index is 310. The third kappa shape index (κ3) is 1.99. The van der Waals surface area contributed by atoms with Crippen molar-refractivity contribution in [2.45, 2.75) is 6.92 Å². The first-order valence-corrected chi connectivity index (χ1v) is 3.93. The van der Waals surface area contributed by atoms with E-state index in [4.69, 9.17) is 10.5 Å². The van der Waals surface area contributed by atoms with Crippen LogP contribution < -0.4 is 10.5 Å². The highest BCUT2D eigenvalue weighted by Crippen LogP contribution is 2.24. The Morgan fingerprint density at radius 1 is 1.38 bits per heavy atom. The number of primary amides is 1. The van der Waals surface area contributed by atoms with Crippen LogP contribution in [0.3, 0.4) is 0 Å². The zero-order valence-electron chi connectivity index (χ0n) is 7.70. The fraction of sp³-hybridized carbons (Fsp3) is 0.200. The van der Waals surface area contributed by atoms with Crippen molar-refractivity contribution < 1.29 is 9.53 Å². The molecule has 0 aliphatic heterocycles. The first-order chi connectivity index (χ1) is 6.16. The smallest absolute Gasteiger partial charge is 0.229 e. The molecule has 1 amide bonds. The lowest BCUT2D eigenvalue weighted by molar-refractivity contribution is -0.115. The molecule has 13 heavy (non-hydrogen) atoms. The highest BCUT2D eigenvalue weighted by Gasteiger charge is 2.16. The third-order valence-corrected chi connectivity index (χ3v) is 1.88. The quantitative estimate of drug-likeness (QED) is 0.754. The van der Waals surface area contributed by atoms with E-state index >= 15 is 0 Å². The molecule has 0 heterocycles. The molecule has 69 valence electrons. The van der Waals surface area contributed by atoms with Gasteiger partial charge in [-0.1, -0.05) is 18.2 Å². The number of carbonyl (C=O) groups is 1. The van der Waals surface area contributed by atoms with Crippen molar-refractivity contribution in [3.8, 4) is 5.75 Å². The average Bonchev–Trinajstić information content (AvgIpc) is 2.16. The molecule has 0 unspecified atom stereocenters. The van der Waals surface area contributed by atoms with Gasteiger partial charge in [0.1, 0.15) is 5.75 Å². The molecule has 0 spiro atoms. The summed E-state index contributed by atoms with van der Waals surface area (Å²) >= 11 is 0. The van der Waals surface area contributed by atoms with Crippen LogP contribution in [0.25, 0.3) is 0 Å². The lowest BCUT2D eigenvalue weighted by atomic mass is 10.00. The maximum absolute atomic E-state index is 10.9. The number of para-hydroxylation sites is 1. The summed E-state index contributed by atoms with van der Waals surface area (Å²) in [6.45, 7) is 1.68. The van der Waals surface area contributed by atoms with E-state index in [1.807, 2.05) is 12.1 Å². The predicted molar refractivity (Wildman–Crippen MR) is 50.2 cm³/mol. The Kier molecular flexibility index (Phi) is 2.90. The largest absolute Gasteiger partial charge is 0.496 e. The van der Waals surface area contributed by atoms with Crippen LogP contribution in [0.5, 0.6) is 5.75 Å². The van der Waals surface area contributed by atoms with E-state index in [1.54, 1.807) is 26.2 Å². The van der Waals surface area contributed by atoms with Crippen molar-refractivity contribution in [3.05, 3.63) is 35.7 Å². The van der Waals surface area contributed by atoms with E-state index < -0.39 is 5.91 Å². The molecular weight excluding hydrogens is 166 g/mol. The number of ether oxygens (including phenoxy) is 1. The number of nitrogens with two attached hydrogens (primary N) is 1. The minimum absolute atomic E-state index is 0.426. The van der Waals surface area contributed by atoms with E-state index in [0.29, 0.717) is 11.7 Å². The molecule has 1 aromatic carbocycles. The van der Waals surface area contributed by atoms with Gasteiger partial charge >= 0.3 is 0 Å². The topological polar surface area (TPSA) is 52.3 Å². The molecule has 1 rings (SSSR count). The van der Waals surface area contributed by atoms with E-state index in [9.17, 15) is 4.79 Å². The minimum Gasteiger partial charge on any atom is -0.496 e. The number of benzene rings is 1. The molecule has 0 saturated carbocycles. The van der Waals surface area contributed by atoms with Crippen LogP contribution in [-0.2, 0) is 4.79 Å². The van der Waals surface area contributed by atoms with Crippen LogP contribution in [0, 0.1) is 5.92 Å². The van der Waals surface area contributed by atoms with Gasteiger partial charge in [-0.3, -0.25) is 4.79 Å². The SMILES string of the molecule is COc1ccccc1[C](C)C(N)=O. The van der Waals surface area contributed by atoms with Crippen LogP contribution in [0.15, 0.2) is 24.3 Å². The molecule has 0 saturated heterocycles. The van der Waals surface area contributed by atoms with Gasteiger partial charge in [-0.2, -0.15) is 0 Å². The highest BCUT2D eigenvalue weighted by molar-refractivity contribution is 5.93. The van der Waals surface area contributed by atoms with Crippen LogP contribution in [0.1, 0.15) is 12.5 Å². The Labute approximate surface area is 77.5 Å². The average molecular weight is 178 g/mol. The number of rotatable bonds is 3.